The third kappa shape index (κ3) is 5.55. The summed E-state index contributed by atoms with van der Waals surface area (Å²) >= 11 is 2.88. The summed E-state index contributed by atoms with van der Waals surface area (Å²) in [6.07, 6.45) is -2.73. The number of carbonyl (C=O) groups excluding carboxylic acids is 2. The molecule has 3 aromatic rings. The first kappa shape index (κ1) is 23.1. The minimum absolute atomic E-state index is 0.0586. The van der Waals surface area contributed by atoms with Crippen molar-refractivity contribution in [3.63, 3.8) is 0 Å². The molecule has 1 aromatic heterocycles. The van der Waals surface area contributed by atoms with Gasteiger partial charge in [-0.1, -0.05) is 22.0 Å². The van der Waals surface area contributed by atoms with Gasteiger partial charge < -0.3 is 10.1 Å². The molecule has 3 rings (SSSR count). The molecule has 11 heteroatoms. The van der Waals surface area contributed by atoms with E-state index in [1.54, 1.807) is 24.3 Å². The zero-order chi connectivity index (χ0) is 23.3. The Hall–Kier alpha value is -3.60. The molecule has 1 heterocycles. The van der Waals surface area contributed by atoms with Gasteiger partial charge >= 0.3 is 6.18 Å². The quantitative estimate of drug-likeness (QED) is 0.346. The van der Waals surface area contributed by atoms with Gasteiger partial charge in [0.2, 0.25) is 6.41 Å². The summed E-state index contributed by atoms with van der Waals surface area (Å²) in [6, 6.07) is 12.8. The SMILES string of the molecule is CNC(=O)c1cc(Oc2cccc(N(C=O)Nc3ccc(Br)c(C(F)(F)F)c3)c2)ccn1. The number of pyridine rings is 1. The predicted molar refractivity (Wildman–Crippen MR) is 115 cm³/mol. The Labute approximate surface area is 189 Å². The first-order chi connectivity index (χ1) is 15.2. The van der Waals surface area contributed by atoms with Gasteiger partial charge in [-0.25, -0.2) is 5.01 Å². The highest BCUT2D eigenvalue weighted by Gasteiger charge is 2.33. The van der Waals surface area contributed by atoms with Gasteiger partial charge in [0.1, 0.15) is 17.2 Å². The van der Waals surface area contributed by atoms with Crippen LogP contribution in [0.15, 0.2) is 65.3 Å². The molecule has 0 aliphatic heterocycles. The highest BCUT2D eigenvalue weighted by molar-refractivity contribution is 9.10. The molecule has 0 saturated carbocycles. The van der Waals surface area contributed by atoms with Gasteiger partial charge in [0.25, 0.3) is 5.91 Å². The fourth-order valence-corrected chi connectivity index (χ4v) is 3.13. The maximum Gasteiger partial charge on any atom is 0.417 e. The van der Waals surface area contributed by atoms with E-state index >= 15 is 0 Å². The predicted octanol–water partition coefficient (Wildman–Crippen LogP) is 5.00. The van der Waals surface area contributed by atoms with Crippen LogP contribution in [0.2, 0.25) is 0 Å². The minimum Gasteiger partial charge on any atom is -0.457 e. The van der Waals surface area contributed by atoms with E-state index < -0.39 is 11.7 Å². The molecule has 0 aliphatic carbocycles. The summed E-state index contributed by atoms with van der Waals surface area (Å²) in [7, 11) is 1.48. The number of amides is 2. The van der Waals surface area contributed by atoms with E-state index in [1.807, 2.05) is 0 Å². The van der Waals surface area contributed by atoms with Crippen LogP contribution < -0.4 is 20.5 Å². The van der Waals surface area contributed by atoms with E-state index in [4.69, 9.17) is 4.74 Å². The minimum atomic E-state index is -4.56. The standard InChI is InChI=1S/C21H16BrF3N4O3/c1-26-20(31)19-11-16(7-8-27-19)32-15-4-2-3-14(10-15)29(12-30)28-13-5-6-18(22)17(9-13)21(23,24)25/h2-12,28H,1H3,(H,26,31). The number of hydrazine groups is 1. The van der Waals surface area contributed by atoms with Crippen molar-refractivity contribution in [2.24, 2.45) is 0 Å². The van der Waals surface area contributed by atoms with Gasteiger partial charge in [-0.05, 0) is 36.4 Å². The van der Waals surface area contributed by atoms with E-state index in [1.165, 1.54) is 37.5 Å². The van der Waals surface area contributed by atoms with Crippen molar-refractivity contribution in [1.82, 2.24) is 10.3 Å². The topological polar surface area (TPSA) is 83.6 Å². The Balaban J connectivity index is 1.82. The number of hydrogen-bond acceptors (Lipinski definition) is 5. The summed E-state index contributed by atoms with van der Waals surface area (Å²) in [5.74, 6) is 0.286. The summed E-state index contributed by atoms with van der Waals surface area (Å²) in [4.78, 5) is 27.3. The molecule has 0 bridgehead atoms. The van der Waals surface area contributed by atoms with E-state index in [0.717, 1.165) is 11.1 Å². The Morgan fingerprint density at radius 1 is 1.12 bits per heavy atom. The molecule has 0 aliphatic rings. The van der Waals surface area contributed by atoms with Crippen molar-refractivity contribution in [3.8, 4) is 11.5 Å². The molecule has 0 fully saturated rings. The summed E-state index contributed by atoms with van der Waals surface area (Å²) in [5, 5.41) is 3.47. The highest BCUT2D eigenvalue weighted by atomic mass is 79.9. The van der Waals surface area contributed by atoms with Crippen LogP contribution >= 0.6 is 15.9 Å². The lowest BCUT2D eigenvalue weighted by atomic mass is 10.2. The van der Waals surface area contributed by atoms with E-state index in [0.29, 0.717) is 23.6 Å². The first-order valence-corrected chi connectivity index (χ1v) is 9.84. The number of alkyl halides is 3. The maximum atomic E-state index is 13.1. The zero-order valence-corrected chi connectivity index (χ0v) is 18.1. The van der Waals surface area contributed by atoms with Crippen LogP contribution in [-0.4, -0.2) is 24.3 Å². The van der Waals surface area contributed by atoms with Crippen molar-refractivity contribution in [2.75, 3.05) is 17.5 Å². The molecule has 0 saturated heterocycles. The van der Waals surface area contributed by atoms with E-state index in [-0.39, 0.29) is 21.8 Å². The van der Waals surface area contributed by atoms with Crippen LogP contribution in [0.1, 0.15) is 16.1 Å². The molecule has 0 radical (unpaired) electrons. The monoisotopic (exact) mass is 508 g/mol. The second-order valence-corrected chi connectivity index (χ2v) is 7.19. The van der Waals surface area contributed by atoms with Crippen molar-refractivity contribution < 1.29 is 27.5 Å². The van der Waals surface area contributed by atoms with Crippen molar-refractivity contribution >= 4 is 39.6 Å². The third-order valence-corrected chi connectivity index (χ3v) is 4.84. The van der Waals surface area contributed by atoms with Crippen LogP contribution in [0.3, 0.4) is 0 Å². The fraction of sp³-hybridized carbons (Fsp3) is 0.0952. The normalized spacial score (nSPS) is 10.9. The number of rotatable bonds is 7. The molecule has 2 N–H and O–H groups in total. The Morgan fingerprint density at radius 2 is 1.88 bits per heavy atom. The average Bonchev–Trinajstić information content (AvgIpc) is 2.77. The molecule has 0 atom stereocenters. The van der Waals surface area contributed by atoms with Gasteiger partial charge in [0.05, 0.1) is 16.9 Å². The van der Waals surface area contributed by atoms with Crippen molar-refractivity contribution in [2.45, 2.75) is 6.18 Å². The van der Waals surface area contributed by atoms with Gasteiger partial charge in [-0.3, -0.25) is 20.0 Å². The smallest absolute Gasteiger partial charge is 0.417 e. The average molecular weight is 509 g/mol. The van der Waals surface area contributed by atoms with Gasteiger partial charge in [-0.15, -0.1) is 0 Å². The fourth-order valence-electron chi connectivity index (χ4n) is 2.66. The molecule has 0 spiro atoms. The molecular formula is C21H16BrF3N4O3. The zero-order valence-electron chi connectivity index (χ0n) is 16.5. The number of ether oxygens (including phenoxy) is 1. The van der Waals surface area contributed by atoms with E-state index in [2.05, 4.69) is 31.7 Å². The lowest BCUT2D eigenvalue weighted by Crippen LogP contribution is -2.28. The summed E-state index contributed by atoms with van der Waals surface area (Å²) < 4.78 is 45.1. The number of carbonyl (C=O) groups is 2. The number of hydrogen-bond donors (Lipinski definition) is 2. The second-order valence-electron chi connectivity index (χ2n) is 6.33. The van der Waals surface area contributed by atoms with Crippen LogP contribution in [-0.2, 0) is 11.0 Å². The number of aromatic nitrogens is 1. The number of halogens is 4. The first-order valence-electron chi connectivity index (χ1n) is 9.05. The Kier molecular flexibility index (Phi) is 6.98. The number of nitrogens with one attached hydrogen (secondary N) is 2. The maximum absolute atomic E-state index is 13.1. The molecule has 2 amide bonds. The molecular weight excluding hydrogens is 493 g/mol. The molecule has 0 unspecified atom stereocenters. The Morgan fingerprint density at radius 3 is 2.56 bits per heavy atom. The number of nitrogens with zero attached hydrogens (tertiary/aromatic N) is 2. The van der Waals surface area contributed by atoms with Crippen LogP contribution in [0, 0.1) is 0 Å². The lowest BCUT2D eigenvalue weighted by Gasteiger charge is -2.21. The van der Waals surface area contributed by atoms with Crippen LogP contribution in [0.5, 0.6) is 11.5 Å². The molecule has 7 nitrogen and oxygen atoms in total. The third-order valence-electron chi connectivity index (χ3n) is 4.15. The molecule has 32 heavy (non-hydrogen) atoms. The largest absolute Gasteiger partial charge is 0.457 e. The summed E-state index contributed by atoms with van der Waals surface area (Å²) in [6.45, 7) is 0. The second kappa shape index (κ2) is 9.69. The van der Waals surface area contributed by atoms with Crippen LogP contribution in [0.4, 0.5) is 24.5 Å². The number of benzene rings is 2. The Bertz CT molecular complexity index is 1140. The van der Waals surface area contributed by atoms with E-state index in [9.17, 15) is 22.8 Å². The van der Waals surface area contributed by atoms with Gasteiger partial charge in [-0.2, -0.15) is 13.2 Å². The van der Waals surface area contributed by atoms with Gasteiger partial charge in [0.15, 0.2) is 0 Å². The highest BCUT2D eigenvalue weighted by Crippen LogP contribution is 2.36. The lowest BCUT2D eigenvalue weighted by molar-refractivity contribution is -0.138. The van der Waals surface area contributed by atoms with Crippen LogP contribution in [0.25, 0.3) is 0 Å². The van der Waals surface area contributed by atoms with Crippen molar-refractivity contribution in [1.29, 1.82) is 0 Å². The molecule has 2 aromatic carbocycles. The van der Waals surface area contributed by atoms with Crippen molar-refractivity contribution in [3.05, 3.63) is 76.5 Å². The summed E-state index contributed by atoms with van der Waals surface area (Å²) in [5.41, 5.74) is 2.29. The number of anilines is 2. The molecule has 166 valence electrons. The van der Waals surface area contributed by atoms with Gasteiger partial charge in [0, 0.05) is 29.8 Å².